The molecule has 1 fully saturated rings. The van der Waals surface area contributed by atoms with Crippen molar-refractivity contribution in [1.82, 2.24) is 4.57 Å². The Kier molecular flexibility index (Phi) is 3.43. The van der Waals surface area contributed by atoms with E-state index in [1.54, 1.807) is 25.3 Å². The third kappa shape index (κ3) is 3.51. The van der Waals surface area contributed by atoms with Crippen LogP contribution in [0, 0.1) is 0 Å². The summed E-state index contributed by atoms with van der Waals surface area (Å²) in [6, 6.07) is 1.43. The molecule has 1 aliphatic carbocycles. The zero-order valence-corrected chi connectivity index (χ0v) is 12.6. The molecule has 0 saturated heterocycles. The number of hydrogen-bond acceptors (Lipinski definition) is 4. The molecule has 0 bridgehead atoms. The molecule has 2 rings (SSSR count). The molecule has 1 aromatic heterocycles. The van der Waals surface area contributed by atoms with Crippen LogP contribution in [-0.2, 0) is 13.8 Å². The SMILES string of the molecule is CC(C)(C)OC(=O)c1cc(S(=O)(=O)Cl)cn1C1CC1. The van der Waals surface area contributed by atoms with Crippen molar-refractivity contribution in [1.29, 1.82) is 0 Å². The second-order valence-corrected chi connectivity index (χ2v) is 8.21. The molecule has 0 aliphatic heterocycles. The smallest absolute Gasteiger partial charge is 0.355 e. The van der Waals surface area contributed by atoms with E-state index in [1.165, 1.54) is 12.3 Å². The van der Waals surface area contributed by atoms with Crippen molar-refractivity contribution in [2.24, 2.45) is 0 Å². The van der Waals surface area contributed by atoms with Crippen LogP contribution in [0.3, 0.4) is 0 Å². The Bertz CT molecular complexity index is 608. The minimum Gasteiger partial charge on any atom is -0.455 e. The fraction of sp³-hybridized carbons (Fsp3) is 0.583. The summed E-state index contributed by atoms with van der Waals surface area (Å²) in [5.74, 6) is -0.536. The Morgan fingerprint density at radius 2 is 2.00 bits per heavy atom. The molecular weight excluding hydrogens is 290 g/mol. The minimum absolute atomic E-state index is 0.0677. The average Bonchev–Trinajstić information content (AvgIpc) is 2.92. The highest BCUT2D eigenvalue weighted by Gasteiger charge is 2.31. The van der Waals surface area contributed by atoms with Crippen LogP contribution in [0.25, 0.3) is 0 Å². The Labute approximate surface area is 116 Å². The van der Waals surface area contributed by atoms with Gasteiger partial charge in [0.25, 0.3) is 9.05 Å². The van der Waals surface area contributed by atoms with Crippen LogP contribution in [0.15, 0.2) is 17.2 Å². The number of esters is 1. The molecule has 0 unspecified atom stereocenters. The van der Waals surface area contributed by atoms with Gasteiger partial charge in [-0.1, -0.05) is 0 Å². The highest BCUT2D eigenvalue weighted by molar-refractivity contribution is 8.13. The molecule has 0 N–H and O–H groups in total. The quantitative estimate of drug-likeness (QED) is 0.636. The van der Waals surface area contributed by atoms with E-state index in [9.17, 15) is 13.2 Å². The first kappa shape index (κ1) is 14.4. The number of aromatic nitrogens is 1. The van der Waals surface area contributed by atoms with Gasteiger partial charge in [0.05, 0.1) is 0 Å². The van der Waals surface area contributed by atoms with Gasteiger partial charge in [0.2, 0.25) is 0 Å². The van der Waals surface area contributed by atoms with Gasteiger partial charge < -0.3 is 9.30 Å². The molecule has 0 aromatic carbocycles. The summed E-state index contributed by atoms with van der Waals surface area (Å²) in [6.07, 6.45) is 3.25. The largest absolute Gasteiger partial charge is 0.455 e. The van der Waals surface area contributed by atoms with Gasteiger partial charge in [0.1, 0.15) is 16.2 Å². The first-order chi connectivity index (χ1) is 8.58. The zero-order chi connectivity index (χ0) is 14.4. The van der Waals surface area contributed by atoms with Gasteiger partial charge in [0, 0.05) is 22.9 Å². The molecular formula is C12H16ClNO4S. The summed E-state index contributed by atoms with van der Waals surface area (Å²) in [7, 11) is 1.47. The average molecular weight is 306 g/mol. The van der Waals surface area contributed by atoms with Gasteiger partial charge in [-0.05, 0) is 39.7 Å². The van der Waals surface area contributed by atoms with Crippen molar-refractivity contribution < 1.29 is 17.9 Å². The number of hydrogen-bond donors (Lipinski definition) is 0. The topological polar surface area (TPSA) is 65.4 Å². The summed E-state index contributed by atoms with van der Waals surface area (Å²) in [5.41, 5.74) is -0.396. The molecule has 1 heterocycles. The van der Waals surface area contributed by atoms with E-state index >= 15 is 0 Å². The highest BCUT2D eigenvalue weighted by atomic mass is 35.7. The molecule has 0 radical (unpaired) electrons. The molecule has 0 amide bonds. The Balaban J connectivity index is 2.38. The van der Waals surface area contributed by atoms with Crippen LogP contribution >= 0.6 is 10.7 Å². The molecule has 1 saturated carbocycles. The van der Waals surface area contributed by atoms with Gasteiger partial charge >= 0.3 is 5.97 Å². The molecule has 19 heavy (non-hydrogen) atoms. The van der Waals surface area contributed by atoms with Crippen LogP contribution in [0.5, 0.6) is 0 Å². The predicted molar refractivity (Wildman–Crippen MR) is 70.9 cm³/mol. The van der Waals surface area contributed by atoms with E-state index in [-0.39, 0.29) is 16.6 Å². The first-order valence-corrected chi connectivity index (χ1v) is 8.29. The lowest BCUT2D eigenvalue weighted by Gasteiger charge is -2.20. The molecule has 106 valence electrons. The van der Waals surface area contributed by atoms with Crippen molar-refractivity contribution in [3.8, 4) is 0 Å². The van der Waals surface area contributed by atoms with Crippen LogP contribution in [-0.4, -0.2) is 24.6 Å². The van der Waals surface area contributed by atoms with Crippen molar-refractivity contribution >= 4 is 25.7 Å². The highest BCUT2D eigenvalue weighted by Crippen LogP contribution is 2.38. The molecule has 1 aromatic rings. The molecule has 5 nitrogen and oxygen atoms in total. The molecule has 1 aliphatic rings. The number of nitrogens with zero attached hydrogens (tertiary/aromatic N) is 1. The molecule has 0 spiro atoms. The predicted octanol–water partition coefficient (Wildman–Crippen LogP) is 2.71. The fourth-order valence-corrected chi connectivity index (χ4v) is 2.48. The van der Waals surface area contributed by atoms with E-state index in [1.807, 2.05) is 0 Å². The summed E-state index contributed by atoms with van der Waals surface area (Å²) in [5, 5.41) is 0. The standard InChI is InChI=1S/C12H16ClNO4S/c1-12(2,3)18-11(15)10-6-9(19(13,16)17)7-14(10)8-4-5-8/h6-8H,4-5H2,1-3H3. The summed E-state index contributed by atoms with van der Waals surface area (Å²) in [6.45, 7) is 5.28. The summed E-state index contributed by atoms with van der Waals surface area (Å²) >= 11 is 0. The van der Waals surface area contributed by atoms with Crippen LogP contribution in [0.2, 0.25) is 0 Å². The van der Waals surface area contributed by atoms with E-state index in [0.29, 0.717) is 0 Å². The number of carbonyl (C=O) groups is 1. The van der Waals surface area contributed by atoms with Gasteiger partial charge in [-0.15, -0.1) is 0 Å². The fourth-order valence-electron chi connectivity index (χ4n) is 1.74. The second kappa shape index (κ2) is 4.52. The number of halogens is 1. The minimum atomic E-state index is -3.84. The van der Waals surface area contributed by atoms with Gasteiger partial charge in [-0.25, -0.2) is 13.2 Å². The van der Waals surface area contributed by atoms with Crippen LogP contribution in [0.1, 0.15) is 50.1 Å². The van der Waals surface area contributed by atoms with E-state index in [4.69, 9.17) is 15.4 Å². The number of ether oxygens (including phenoxy) is 1. The van der Waals surface area contributed by atoms with E-state index in [2.05, 4.69) is 0 Å². The lowest BCUT2D eigenvalue weighted by molar-refractivity contribution is 0.00574. The third-order valence-corrected chi connectivity index (χ3v) is 3.97. The lowest BCUT2D eigenvalue weighted by atomic mass is 10.2. The van der Waals surface area contributed by atoms with Gasteiger partial charge in [0.15, 0.2) is 0 Å². The first-order valence-electron chi connectivity index (χ1n) is 5.98. The van der Waals surface area contributed by atoms with Crippen LogP contribution in [0.4, 0.5) is 0 Å². The maximum atomic E-state index is 12.1. The van der Waals surface area contributed by atoms with E-state index < -0.39 is 20.6 Å². The third-order valence-electron chi connectivity index (χ3n) is 2.65. The van der Waals surface area contributed by atoms with Crippen molar-refractivity contribution in [2.75, 3.05) is 0 Å². The normalized spacial score (nSPS) is 16.4. The lowest BCUT2D eigenvalue weighted by Crippen LogP contribution is -2.25. The Hall–Kier alpha value is -1.01. The van der Waals surface area contributed by atoms with E-state index in [0.717, 1.165) is 12.8 Å². The summed E-state index contributed by atoms with van der Waals surface area (Å²) < 4.78 is 29.6. The molecule has 0 atom stereocenters. The second-order valence-electron chi connectivity index (χ2n) is 5.64. The van der Waals surface area contributed by atoms with Crippen LogP contribution < -0.4 is 0 Å². The van der Waals surface area contributed by atoms with Gasteiger partial charge in [-0.2, -0.15) is 0 Å². The zero-order valence-electron chi connectivity index (χ0n) is 11.0. The maximum Gasteiger partial charge on any atom is 0.355 e. The van der Waals surface area contributed by atoms with Crippen molar-refractivity contribution in [3.63, 3.8) is 0 Å². The number of carbonyl (C=O) groups excluding carboxylic acids is 1. The molecule has 7 heteroatoms. The summed E-state index contributed by atoms with van der Waals surface area (Å²) in [4.78, 5) is 12.0. The van der Waals surface area contributed by atoms with Gasteiger partial charge in [-0.3, -0.25) is 0 Å². The number of rotatable bonds is 3. The van der Waals surface area contributed by atoms with Crippen molar-refractivity contribution in [3.05, 3.63) is 18.0 Å². The monoisotopic (exact) mass is 305 g/mol. The Morgan fingerprint density at radius 1 is 1.42 bits per heavy atom. The maximum absolute atomic E-state index is 12.1. The Morgan fingerprint density at radius 3 is 2.42 bits per heavy atom. The van der Waals surface area contributed by atoms with Crippen molar-refractivity contribution in [2.45, 2.75) is 50.2 Å².